The van der Waals surface area contributed by atoms with E-state index in [9.17, 15) is 22.8 Å². The Morgan fingerprint density at radius 1 is 1.24 bits per heavy atom. The minimum atomic E-state index is -4.86. The van der Waals surface area contributed by atoms with E-state index < -0.39 is 24.1 Å². The molecular formula is C21H21F3N6O3S. The molecule has 1 aliphatic carbocycles. The van der Waals surface area contributed by atoms with Gasteiger partial charge in [0.25, 0.3) is 11.8 Å². The number of hydrogen-bond acceptors (Lipinski definition) is 7. The fraction of sp³-hybridized carbons (Fsp3) is 0.381. The van der Waals surface area contributed by atoms with Crippen LogP contribution in [0.2, 0.25) is 0 Å². The Hall–Kier alpha value is -3.48. The number of benzene rings is 1. The minimum absolute atomic E-state index is 0.0506. The Labute approximate surface area is 196 Å². The number of rotatable bonds is 7. The Morgan fingerprint density at radius 2 is 1.97 bits per heavy atom. The van der Waals surface area contributed by atoms with E-state index in [2.05, 4.69) is 25.1 Å². The molecule has 13 heteroatoms. The number of hydrogen-bond donors (Lipinski definition) is 1. The van der Waals surface area contributed by atoms with E-state index in [4.69, 9.17) is 0 Å². The lowest BCUT2D eigenvalue weighted by Crippen LogP contribution is -2.29. The van der Waals surface area contributed by atoms with Gasteiger partial charge >= 0.3 is 6.36 Å². The van der Waals surface area contributed by atoms with E-state index in [1.807, 2.05) is 0 Å². The van der Waals surface area contributed by atoms with Crippen molar-refractivity contribution < 1.29 is 27.5 Å². The van der Waals surface area contributed by atoms with E-state index in [-0.39, 0.29) is 17.4 Å². The molecule has 9 nitrogen and oxygen atoms in total. The van der Waals surface area contributed by atoms with Crippen LogP contribution in [-0.4, -0.2) is 56.9 Å². The monoisotopic (exact) mass is 494 g/mol. The van der Waals surface area contributed by atoms with Crippen LogP contribution in [0.25, 0.3) is 5.13 Å². The van der Waals surface area contributed by atoms with Gasteiger partial charge in [0, 0.05) is 19.7 Å². The third kappa shape index (κ3) is 5.35. The molecule has 1 N–H and O–H groups in total. The molecule has 0 saturated heterocycles. The number of aromatic nitrogens is 4. The van der Waals surface area contributed by atoms with Gasteiger partial charge in [0.05, 0.1) is 12.2 Å². The number of nitrogens with zero attached hydrogens (tertiary/aromatic N) is 5. The van der Waals surface area contributed by atoms with Crippen molar-refractivity contribution in [2.24, 2.45) is 0 Å². The van der Waals surface area contributed by atoms with Gasteiger partial charge in [-0.3, -0.25) is 9.59 Å². The molecule has 2 amide bonds. The molecular weight excluding hydrogens is 473 g/mol. The van der Waals surface area contributed by atoms with Crippen LogP contribution < -0.4 is 10.1 Å². The highest BCUT2D eigenvalue weighted by atomic mass is 32.1. The van der Waals surface area contributed by atoms with Crippen molar-refractivity contribution in [2.75, 3.05) is 14.1 Å². The molecule has 0 bridgehead atoms. The quantitative estimate of drug-likeness (QED) is 0.538. The van der Waals surface area contributed by atoms with E-state index >= 15 is 0 Å². The molecule has 34 heavy (non-hydrogen) atoms. The fourth-order valence-corrected chi connectivity index (χ4v) is 4.22. The topological polar surface area (TPSA) is 102 Å². The number of amides is 2. The van der Waals surface area contributed by atoms with Crippen LogP contribution in [0, 0.1) is 0 Å². The Balaban J connectivity index is 1.54. The summed E-state index contributed by atoms with van der Waals surface area (Å²) in [5.74, 6) is -0.762. The van der Waals surface area contributed by atoms with Crippen molar-refractivity contribution in [2.45, 2.75) is 38.1 Å². The summed E-state index contributed by atoms with van der Waals surface area (Å²) in [5.41, 5.74) is 0.679. The molecule has 1 fully saturated rings. The number of alkyl halides is 3. The molecule has 0 unspecified atom stereocenters. The molecule has 1 aromatic carbocycles. The highest BCUT2D eigenvalue weighted by Crippen LogP contribution is 2.42. The first kappa shape index (κ1) is 23.7. The average molecular weight is 494 g/mol. The number of ether oxygens (including phenoxy) is 1. The minimum Gasteiger partial charge on any atom is -0.406 e. The molecule has 0 aliphatic heterocycles. The summed E-state index contributed by atoms with van der Waals surface area (Å²) in [4.78, 5) is 35.3. The Kier molecular flexibility index (Phi) is 6.30. The first-order chi connectivity index (χ1) is 16.0. The van der Waals surface area contributed by atoms with Gasteiger partial charge in [-0.25, -0.2) is 9.97 Å². The number of halogens is 3. The van der Waals surface area contributed by atoms with Gasteiger partial charge in [0.15, 0.2) is 5.82 Å². The van der Waals surface area contributed by atoms with Crippen LogP contribution in [0.4, 0.5) is 13.2 Å². The maximum atomic E-state index is 12.9. The maximum Gasteiger partial charge on any atom is 0.573 e. The largest absolute Gasteiger partial charge is 0.573 e. The smallest absolute Gasteiger partial charge is 0.406 e. The van der Waals surface area contributed by atoms with Gasteiger partial charge in [-0.1, -0.05) is 11.3 Å². The summed E-state index contributed by atoms with van der Waals surface area (Å²) in [7, 11) is 3.26. The van der Waals surface area contributed by atoms with E-state index in [0.29, 0.717) is 21.4 Å². The summed E-state index contributed by atoms with van der Waals surface area (Å²) in [6.45, 7) is 1.66. The molecule has 1 atom stereocenters. The molecule has 2 heterocycles. The summed E-state index contributed by atoms with van der Waals surface area (Å²) in [6.07, 6.45) is -0.442. The zero-order valence-corrected chi connectivity index (χ0v) is 19.3. The van der Waals surface area contributed by atoms with Crippen LogP contribution >= 0.6 is 11.3 Å². The predicted octanol–water partition coefficient (Wildman–Crippen LogP) is 3.69. The molecule has 0 spiro atoms. The average Bonchev–Trinajstić information content (AvgIpc) is 3.29. The van der Waals surface area contributed by atoms with Crippen LogP contribution in [0.3, 0.4) is 0 Å². The van der Waals surface area contributed by atoms with E-state index in [1.165, 1.54) is 28.2 Å². The van der Waals surface area contributed by atoms with Crippen molar-refractivity contribution in [3.8, 4) is 10.9 Å². The van der Waals surface area contributed by atoms with E-state index in [1.54, 1.807) is 27.1 Å². The molecule has 0 radical (unpaired) electrons. The van der Waals surface area contributed by atoms with Crippen molar-refractivity contribution in [1.29, 1.82) is 0 Å². The highest BCUT2D eigenvalue weighted by molar-refractivity contribution is 7.16. The SMILES string of the molecule is C[C@H](NC(=O)c1cc(OC(F)(F)F)cc(C2CC2)c1)c1ncnn1-c1ncc(C(=O)N(C)C)s1. The number of carbonyl (C=O) groups excluding carboxylic acids is 2. The van der Waals surface area contributed by atoms with Crippen molar-refractivity contribution in [3.63, 3.8) is 0 Å². The van der Waals surface area contributed by atoms with Crippen molar-refractivity contribution >= 4 is 23.2 Å². The van der Waals surface area contributed by atoms with Gasteiger partial charge in [-0.15, -0.1) is 13.2 Å². The standard InChI is InChI=1S/C21H21F3N6O3S/c1-11(17-26-10-27-30(17)20-25-9-16(34-20)19(32)29(2)3)28-18(31)14-6-13(12-4-5-12)7-15(8-14)33-21(22,23)24/h6-12H,4-5H2,1-3H3,(H,28,31)/t11-/m0/s1. The van der Waals surface area contributed by atoms with Crippen LogP contribution in [0.5, 0.6) is 5.75 Å². The first-order valence-corrected chi connectivity index (χ1v) is 11.1. The molecule has 1 saturated carbocycles. The normalized spacial score (nSPS) is 14.5. The Morgan fingerprint density at radius 3 is 2.62 bits per heavy atom. The van der Waals surface area contributed by atoms with E-state index in [0.717, 1.165) is 30.2 Å². The zero-order chi connectivity index (χ0) is 24.6. The lowest BCUT2D eigenvalue weighted by Gasteiger charge is -2.16. The molecule has 1 aliphatic rings. The van der Waals surface area contributed by atoms with Gasteiger partial charge in [0.1, 0.15) is 17.0 Å². The van der Waals surface area contributed by atoms with Crippen LogP contribution in [0.1, 0.15) is 63.1 Å². The Bertz CT molecular complexity index is 1220. The lowest BCUT2D eigenvalue weighted by atomic mass is 10.1. The molecule has 4 rings (SSSR count). The zero-order valence-electron chi connectivity index (χ0n) is 18.5. The number of carbonyl (C=O) groups is 2. The second-order valence-electron chi connectivity index (χ2n) is 8.04. The number of nitrogens with one attached hydrogen (secondary N) is 1. The van der Waals surface area contributed by atoms with Crippen LogP contribution in [-0.2, 0) is 0 Å². The molecule has 180 valence electrons. The molecule has 3 aromatic rings. The molecule has 2 aromatic heterocycles. The summed E-state index contributed by atoms with van der Waals surface area (Å²) in [6, 6.07) is 3.29. The van der Waals surface area contributed by atoms with Crippen molar-refractivity contribution in [3.05, 3.63) is 52.6 Å². The fourth-order valence-electron chi connectivity index (χ4n) is 3.32. The van der Waals surface area contributed by atoms with Crippen molar-refractivity contribution in [1.82, 2.24) is 30.0 Å². The highest BCUT2D eigenvalue weighted by Gasteiger charge is 2.33. The summed E-state index contributed by atoms with van der Waals surface area (Å²) in [5, 5.41) is 7.26. The maximum absolute atomic E-state index is 12.9. The number of thiazole rings is 1. The van der Waals surface area contributed by atoms with Gasteiger partial charge < -0.3 is 15.0 Å². The van der Waals surface area contributed by atoms with Gasteiger partial charge in [-0.2, -0.15) is 9.78 Å². The first-order valence-electron chi connectivity index (χ1n) is 10.3. The second kappa shape index (κ2) is 9.05. The van der Waals surface area contributed by atoms with Gasteiger partial charge in [-0.05, 0) is 49.4 Å². The van der Waals surface area contributed by atoms with Crippen LogP contribution in [0.15, 0.2) is 30.7 Å². The lowest BCUT2D eigenvalue weighted by molar-refractivity contribution is -0.274. The van der Waals surface area contributed by atoms with Gasteiger partial charge in [0.2, 0.25) is 5.13 Å². The third-order valence-electron chi connectivity index (χ3n) is 5.07. The second-order valence-corrected chi connectivity index (χ2v) is 9.05. The predicted molar refractivity (Wildman–Crippen MR) is 116 cm³/mol. The summed E-state index contributed by atoms with van der Waals surface area (Å²) >= 11 is 1.12. The summed E-state index contributed by atoms with van der Waals surface area (Å²) < 4.78 is 43.7. The third-order valence-corrected chi connectivity index (χ3v) is 6.03.